The molecule has 0 aromatic heterocycles. The predicted octanol–water partition coefficient (Wildman–Crippen LogP) is 3.64. The van der Waals surface area contributed by atoms with Gasteiger partial charge in [0.1, 0.15) is 0 Å². The van der Waals surface area contributed by atoms with Gasteiger partial charge in [-0.15, -0.1) is 0 Å². The second kappa shape index (κ2) is 4.38. The number of halogens is 2. The second-order valence-electron chi connectivity index (χ2n) is 2.98. The summed E-state index contributed by atoms with van der Waals surface area (Å²) < 4.78 is 1.08. The van der Waals surface area contributed by atoms with Crippen molar-refractivity contribution in [3.63, 3.8) is 0 Å². The summed E-state index contributed by atoms with van der Waals surface area (Å²) in [5.41, 5.74) is 2.98. The number of benzene rings is 1. The van der Waals surface area contributed by atoms with Gasteiger partial charge in [-0.1, -0.05) is 31.9 Å². The molecule has 0 N–H and O–H groups in total. The highest BCUT2D eigenvalue weighted by Crippen LogP contribution is 2.22. The summed E-state index contributed by atoms with van der Waals surface area (Å²) in [5.74, 6) is 0.124. The molecule has 0 unspecified atom stereocenters. The Morgan fingerprint density at radius 2 is 1.77 bits per heavy atom. The first kappa shape index (κ1) is 10.9. The molecule has 1 aromatic carbocycles. The van der Waals surface area contributed by atoms with Crippen molar-refractivity contribution in [1.82, 2.24) is 0 Å². The Balaban J connectivity index is 3.20. The van der Waals surface area contributed by atoms with Crippen LogP contribution in [0.1, 0.15) is 21.5 Å². The van der Waals surface area contributed by atoms with Crippen molar-refractivity contribution in [3.8, 4) is 0 Å². The number of hydrogen-bond donors (Lipinski definition) is 0. The molecule has 0 aliphatic heterocycles. The Bertz CT molecular complexity index is 322. The summed E-state index contributed by atoms with van der Waals surface area (Å²) in [7, 11) is 0. The van der Waals surface area contributed by atoms with Crippen LogP contribution < -0.4 is 0 Å². The van der Waals surface area contributed by atoms with E-state index in [4.69, 9.17) is 0 Å². The van der Waals surface area contributed by atoms with Gasteiger partial charge in [0, 0.05) is 10.0 Å². The van der Waals surface area contributed by atoms with E-state index >= 15 is 0 Å². The van der Waals surface area contributed by atoms with Gasteiger partial charge in [-0.05, 0) is 37.1 Å². The van der Waals surface area contributed by atoms with E-state index in [1.165, 1.54) is 0 Å². The summed E-state index contributed by atoms with van der Waals surface area (Å²) in [5, 5.41) is 0.382. The predicted molar refractivity (Wildman–Crippen MR) is 61.7 cm³/mol. The van der Waals surface area contributed by atoms with Crippen LogP contribution in [0.3, 0.4) is 0 Å². The lowest BCUT2D eigenvalue weighted by molar-refractivity contribution is 0.102. The third-order valence-corrected chi connectivity index (χ3v) is 3.64. The first-order valence-corrected chi connectivity index (χ1v) is 5.83. The van der Waals surface area contributed by atoms with Gasteiger partial charge in [0.25, 0.3) is 0 Å². The SMILES string of the molecule is Cc1cc(C(=O)CBr)cc(C)c1Br. The van der Waals surface area contributed by atoms with Crippen molar-refractivity contribution in [3.05, 3.63) is 33.3 Å². The molecule has 0 aliphatic carbocycles. The summed E-state index contributed by atoms with van der Waals surface area (Å²) in [4.78, 5) is 11.4. The molecule has 0 heterocycles. The number of carbonyl (C=O) groups excluding carboxylic acids is 1. The maximum absolute atomic E-state index is 11.4. The normalized spacial score (nSPS) is 10.2. The van der Waals surface area contributed by atoms with Crippen LogP contribution in [0.4, 0.5) is 0 Å². The fraction of sp³-hybridized carbons (Fsp3) is 0.300. The van der Waals surface area contributed by atoms with E-state index in [2.05, 4.69) is 31.9 Å². The molecule has 0 atom stereocenters. The van der Waals surface area contributed by atoms with E-state index in [1.54, 1.807) is 0 Å². The Labute approximate surface area is 94.8 Å². The third kappa shape index (κ3) is 2.41. The van der Waals surface area contributed by atoms with Crippen LogP contribution >= 0.6 is 31.9 Å². The van der Waals surface area contributed by atoms with Gasteiger partial charge in [-0.3, -0.25) is 4.79 Å². The molecule has 70 valence electrons. The van der Waals surface area contributed by atoms with E-state index in [0.717, 1.165) is 21.2 Å². The minimum Gasteiger partial charge on any atom is -0.293 e. The van der Waals surface area contributed by atoms with Crippen molar-refractivity contribution in [1.29, 1.82) is 0 Å². The molecule has 0 saturated carbocycles. The molecule has 0 saturated heterocycles. The zero-order chi connectivity index (χ0) is 10.0. The van der Waals surface area contributed by atoms with Crippen molar-refractivity contribution in [2.45, 2.75) is 13.8 Å². The standard InChI is InChI=1S/C10H10Br2O/c1-6-3-8(9(13)5-11)4-7(2)10(6)12/h3-4H,5H2,1-2H3. The highest BCUT2D eigenvalue weighted by Gasteiger charge is 2.07. The van der Waals surface area contributed by atoms with Gasteiger partial charge < -0.3 is 0 Å². The topological polar surface area (TPSA) is 17.1 Å². The van der Waals surface area contributed by atoms with Gasteiger partial charge in [-0.2, -0.15) is 0 Å². The summed E-state index contributed by atoms with van der Waals surface area (Å²) in [6, 6.07) is 3.81. The Morgan fingerprint density at radius 3 is 2.15 bits per heavy atom. The van der Waals surface area contributed by atoms with Crippen LogP contribution in [0.2, 0.25) is 0 Å². The largest absolute Gasteiger partial charge is 0.293 e. The lowest BCUT2D eigenvalue weighted by Crippen LogP contribution is -2.01. The highest BCUT2D eigenvalue weighted by atomic mass is 79.9. The zero-order valence-corrected chi connectivity index (χ0v) is 10.7. The number of aryl methyl sites for hydroxylation is 2. The molecule has 3 heteroatoms. The van der Waals surface area contributed by atoms with E-state index < -0.39 is 0 Å². The number of hydrogen-bond acceptors (Lipinski definition) is 1. The van der Waals surface area contributed by atoms with Crippen molar-refractivity contribution in [2.75, 3.05) is 5.33 Å². The molecule has 0 fully saturated rings. The maximum atomic E-state index is 11.4. The van der Waals surface area contributed by atoms with Crippen LogP contribution in [-0.2, 0) is 0 Å². The summed E-state index contributed by atoms with van der Waals surface area (Å²) >= 11 is 6.62. The molecular weight excluding hydrogens is 296 g/mol. The Kier molecular flexibility index (Phi) is 3.68. The summed E-state index contributed by atoms with van der Waals surface area (Å²) in [6.45, 7) is 3.98. The Morgan fingerprint density at radius 1 is 1.31 bits per heavy atom. The first-order valence-electron chi connectivity index (χ1n) is 3.92. The van der Waals surface area contributed by atoms with Crippen molar-refractivity contribution >= 4 is 37.6 Å². The number of alkyl halides is 1. The fourth-order valence-corrected chi connectivity index (χ4v) is 1.74. The number of carbonyl (C=O) groups is 1. The average molecular weight is 306 g/mol. The van der Waals surface area contributed by atoms with E-state index in [1.807, 2.05) is 26.0 Å². The minimum atomic E-state index is 0.124. The lowest BCUT2D eigenvalue weighted by atomic mass is 10.1. The molecule has 1 nitrogen and oxygen atoms in total. The maximum Gasteiger partial charge on any atom is 0.173 e. The third-order valence-electron chi connectivity index (χ3n) is 1.88. The monoisotopic (exact) mass is 304 g/mol. The average Bonchev–Trinajstić information content (AvgIpc) is 2.12. The molecule has 0 amide bonds. The zero-order valence-electron chi connectivity index (χ0n) is 7.53. The van der Waals surface area contributed by atoms with E-state index in [9.17, 15) is 4.79 Å². The van der Waals surface area contributed by atoms with Gasteiger partial charge in [0.15, 0.2) is 5.78 Å². The smallest absolute Gasteiger partial charge is 0.173 e. The molecule has 1 aromatic rings. The molecule has 13 heavy (non-hydrogen) atoms. The molecule has 0 bridgehead atoms. The van der Waals surface area contributed by atoms with Crippen molar-refractivity contribution < 1.29 is 4.79 Å². The quantitative estimate of drug-likeness (QED) is 0.602. The van der Waals surface area contributed by atoms with E-state index in [0.29, 0.717) is 5.33 Å². The molecule has 0 aliphatic rings. The van der Waals surface area contributed by atoms with Gasteiger partial charge >= 0.3 is 0 Å². The van der Waals surface area contributed by atoms with Crippen LogP contribution in [-0.4, -0.2) is 11.1 Å². The van der Waals surface area contributed by atoms with Crippen LogP contribution in [0, 0.1) is 13.8 Å². The van der Waals surface area contributed by atoms with Gasteiger partial charge in [0.2, 0.25) is 0 Å². The van der Waals surface area contributed by atoms with Crippen molar-refractivity contribution in [2.24, 2.45) is 0 Å². The van der Waals surface area contributed by atoms with Crippen LogP contribution in [0.5, 0.6) is 0 Å². The van der Waals surface area contributed by atoms with Gasteiger partial charge in [-0.25, -0.2) is 0 Å². The molecular formula is C10H10Br2O. The summed E-state index contributed by atoms with van der Waals surface area (Å²) in [6.07, 6.45) is 0. The minimum absolute atomic E-state index is 0.124. The van der Waals surface area contributed by atoms with Crippen LogP contribution in [0.15, 0.2) is 16.6 Å². The Hall–Kier alpha value is -0.150. The highest BCUT2D eigenvalue weighted by molar-refractivity contribution is 9.10. The molecule has 0 radical (unpaired) electrons. The number of ketones is 1. The van der Waals surface area contributed by atoms with E-state index in [-0.39, 0.29) is 5.78 Å². The first-order chi connectivity index (χ1) is 6.06. The van der Waals surface area contributed by atoms with Gasteiger partial charge in [0.05, 0.1) is 5.33 Å². The number of rotatable bonds is 2. The second-order valence-corrected chi connectivity index (χ2v) is 4.33. The fourth-order valence-electron chi connectivity index (χ4n) is 1.18. The lowest BCUT2D eigenvalue weighted by Gasteiger charge is -2.05. The number of Topliss-reactive ketones (excluding diaryl/α,β-unsaturated/α-hetero) is 1. The molecule has 1 rings (SSSR count). The van der Waals surface area contributed by atoms with Crippen LogP contribution in [0.25, 0.3) is 0 Å². The molecule has 0 spiro atoms.